The predicted octanol–water partition coefficient (Wildman–Crippen LogP) is 1.28. The highest BCUT2D eigenvalue weighted by atomic mass is 127. The number of carbonyl (C=O) groups excluding carboxylic acids is 1. The van der Waals surface area contributed by atoms with E-state index in [9.17, 15) is 4.79 Å². The van der Waals surface area contributed by atoms with Crippen LogP contribution in [0.5, 0.6) is 0 Å². The van der Waals surface area contributed by atoms with E-state index in [4.69, 9.17) is 4.74 Å². The van der Waals surface area contributed by atoms with Gasteiger partial charge in [0.2, 0.25) is 5.91 Å². The lowest BCUT2D eigenvalue weighted by Gasteiger charge is -2.29. The van der Waals surface area contributed by atoms with Crippen LogP contribution in [0, 0.1) is 0 Å². The smallest absolute Gasteiger partial charge is 0.222 e. The number of carbonyl (C=O) groups is 1. The number of rotatable bonds is 7. The number of halogens is 1. The largest absolute Gasteiger partial charge is 0.374 e. The fourth-order valence-electron chi connectivity index (χ4n) is 3.26. The van der Waals surface area contributed by atoms with Gasteiger partial charge in [-0.05, 0) is 33.2 Å². The molecule has 152 valence electrons. The van der Waals surface area contributed by atoms with E-state index in [0.717, 1.165) is 71.1 Å². The van der Waals surface area contributed by atoms with Crippen LogP contribution < -0.4 is 10.6 Å². The van der Waals surface area contributed by atoms with Crippen molar-refractivity contribution in [2.75, 3.05) is 59.5 Å². The van der Waals surface area contributed by atoms with Crippen molar-refractivity contribution in [3.05, 3.63) is 0 Å². The third-order valence-corrected chi connectivity index (χ3v) is 4.71. The maximum atomic E-state index is 12.0. The summed E-state index contributed by atoms with van der Waals surface area (Å²) in [6.45, 7) is 8.85. The number of morpholine rings is 1. The molecule has 26 heavy (non-hydrogen) atoms. The standard InChI is InChI=1S/C18H35N5O2.HI/c1-3-19-18(21-14-16-15-22(2)12-13-25-16)20-9-7-11-23-10-6-4-5-8-17(23)24;/h16H,3-15H2,1-2H3,(H2,19,20,21);1H. The van der Waals surface area contributed by atoms with Gasteiger partial charge in [-0.3, -0.25) is 9.79 Å². The molecule has 2 aliphatic heterocycles. The maximum Gasteiger partial charge on any atom is 0.222 e. The van der Waals surface area contributed by atoms with Crippen molar-refractivity contribution in [2.24, 2.45) is 4.99 Å². The molecular weight excluding hydrogens is 445 g/mol. The number of hydrogen-bond acceptors (Lipinski definition) is 4. The first-order valence-electron chi connectivity index (χ1n) is 9.79. The lowest BCUT2D eigenvalue weighted by molar-refractivity contribution is -0.130. The van der Waals surface area contributed by atoms with Gasteiger partial charge in [-0.15, -0.1) is 24.0 Å². The summed E-state index contributed by atoms with van der Waals surface area (Å²) in [5.74, 6) is 1.15. The molecule has 1 atom stereocenters. The Morgan fingerprint density at radius 2 is 2.12 bits per heavy atom. The normalized spacial score (nSPS) is 22.5. The first kappa shape index (κ1) is 23.4. The Bertz CT molecular complexity index is 436. The second kappa shape index (κ2) is 13.5. The molecule has 2 rings (SSSR count). The summed E-state index contributed by atoms with van der Waals surface area (Å²) in [5.41, 5.74) is 0. The van der Waals surface area contributed by atoms with Crippen molar-refractivity contribution < 1.29 is 9.53 Å². The predicted molar refractivity (Wildman–Crippen MR) is 116 cm³/mol. The summed E-state index contributed by atoms with van der Waals surface area (Å²) < 4.78 is 5.76. The molecule has 2 heterocycles. The molecule has 2 aliphatic rings. The molecule has 0 bridgehead atoms. The number of amides is 1. The molecule has 0 saturated carbocycles. The Morgan fingerprint density at radius 3 is 2.88 bits per heavy atom. The van der Waals surface area contributed by atoms with Crippen LogP contribution in [0.2, 0.25) is 0 Å². The Hall–Kier alpha value is -0.610. The summed E-state index contributed by atoms with van der Waals surface area (Å²) in [5, 5.41) is 6.65. The third-order valence-electron chi connectivity index (χ3n) is 4.71. The van der Waals surface area contributed by atoms with Crippen LogP contribution in [0.15, 0.2) is 4.99 Å². The number of likely N-dealkylation sites (N-methyl/N-ethyl adjacent to an activating group) is 1. The summed E-state index contributed by atoms with van der Waals surface area (Å²) in [7, 11) is 2.12. The molecule has 0 aromatic carbocycles. The topological polar surface area (TPSA) is 69.2 Å². The van der Waals surface area contributed by atoms with E-state index in [-0.39, 0.29) is 30.1 Å². The highest BCUT2D eigenvalue weighted by Crippen LogP contribution is 2.11. The number of nitrogens with one attached hydrogen (secondary N) is 2. The molecule has 0 spiro atoms. The van der Waals surface area contributed by atoms with E-state index in [1.54, 1.807) is 0 Å². The molecule has 2 fully saturated rings. The van der Waals surface area contributed by atoms with Crippen LogP contribution in [-0.4, -0.2) is 87.2 Å². The number of guanidine groups is 1. The summed E-state index contributed by atoms with van der Waals surface area (Å²) in [6.07, 6.45) is 5.19. The minimum atomic E-state index is 0. The minimum Gasteiger partial charge on any atom is -0.374 e. The molecule has 1 amide bonds. The van der Waals surface area contributed by atoms with Crippen LogP contribution in [0.1, 0.15) is 39.0 Å². The number of hydrogen-bond donors (Lipinski definition) is 2. The molecule has 0 aliphatic carbocycles. The number of nitrogens with zero attached hydrogens (tertiary/aromatic N) is 3. The van der Waals surface area contributed by atoms with Crippen molar-refractivity contribution in [2.45, 2.75) is 45.1 Å². The number of aliphatic imine (C=N–C) groups is 1. The molecule has 0 radical (unpaired) electrons. The van der Waals surface area contributed by atoms with Gasteiger partial charge in [-0.1, -0.05) is 6.42 Å². The van der Waals surface area contributed by atoms with Gasteiger partial charge in [0.25, 0.3) is 0 Å². The fraction of sp³-hybridized carbons (Fsp3) is 0.889. The van der Waals surface area contributed by atoms with Crippen molar-refractivity contribution >= 4 is 35.8 Å². The Morgan fingerprint density at radius 1 is 1.27 bits per heavy atom. The van der Waals surface area contributed by atoms with Crippen molar-refractivity contribution in [3.63, 3.8) is 0 Å². The fourth-order valence-corrected chi connectivity index (χ4v) is 3.26. The zero-order valence-electron chi connectivity index (χ0n) is 16.3. The monoisotopic (exact) mass is 481 g/mol. The summed E-state index contributed by atoms with van der Waals surface area (Å²) >= 11 is 0. The molecule has 7 nitrogen and oxygen atoms in total. The number of likely N-dealkylation sites (tertiary alicyclic amines) is 1. The third kappa shape index (κ3) is 8.85. The van der Waals surface area contributed by atoms with E-state index >= 15 is 0 Å². The molecule has 0 aromatic heterocycles. The Kier molecular flexibility index (Phi) is 12.2. The van der Waals surface area contributed by atoms with Gasteiger partial charge in [-0.25, -0.2) is 0 Å². The molecule has 1 unspecified atom stereocenters. The van der Waals surface area contributed by atoms with Crippen LogP contribution in [-0.2, 0) is 9.53 Å². The van der Waals surface area contributed by atoms with E-state index < -0.39 is 0 Å². The average Bonchev–Trinajstić information content (AvgIpc) is 2.81. The molecular formula is C18H36IN5O2. The van der Waals surface area contributed by atoms with E-state index in [1.165, 1.54) is 6.42 Å². The molecule has 0 aromatic rings. The van der Waals surface area contributed by atoms with E-state index in [1.807, 2.05) is 4.90 Å². The van der Waals surface area contributed by atoms with Crippen LogP contribution in [0.3, 0.4) is 0 Å². The molecule has 2 saturated heterocycles. The maximum absolute atomic E-state index is 12.0. The SMILES string of the molecule is CCNC(=NCC1CN(C)CCO1)NCCCN1CCCCCC1=O.I. The van der Waals surface area contributed by atoms with Gasteiger partial charge in [0.1, 0.15) is 0 Å². The van der Waals surface area contributed by atoms with Crippen LogP contribution in [0.4, 0.5) is 0 Å². The Labute approximate surface area is 175 Å². The Balaban J connectivity index is 0.00000338. The summed E-state index contributed by atoms with van der Waals surface area (Å²) in [6, 6.07) is 0. The minimum absolute atomic E-state index is 0. The number of ether oxygens (including phenoxy) is 1. The van der Waals surface area contributed by atoms with Gasteiger partial charge < -0.3 is 25.2 Å². The van der Waals surface area contributed by atoms with Crippen molar-refractivity contribution in [1.29, 1.82) is 0 Å². The van der Waals surface area contributed by atoms with E-state index in [2.05, 4.69) is 34.5 Å². The van der Waals surface area contributed by atoms with Gasteiger partial charge in [0.05, 0.1) is 19.3 Å². The second-order valence-corrected chi connectivity index (χ2v) is 6.95. The van der Waals surface area contributed by atoms with Gasteiger partial charge in [0, 0.05) is 45.7 Å². The lowest BCUT2D eigenvalue weighted by atomic mass is 10.2. The first-order valence-corrected chi connectivity index (χ1v) is 9.79. The average molecular weight is 481 g/mol. The van der Waals surface area contributed by atoms with Crippen molar-refractivity contribution in [1.82, 2.24) is 20.4 Å². The second-order valence-electron chi connectivity index (χ2n) is 6.95. The first-order chi connectivity index (χ1) is 12.2. The summed E-state index contributed by atoms with van der Waals surface area (Å²) in [4.78, 5) is 20.9. The highest BCUT2D eigenvalue weighted by Gasteiger charge is 2.17. The van der Waals surface area contributed by atoms with Gasteiger partial charge in [-0.2, -0.15) is 0 Å². The van der Waals surface area contributed by atoms with Gasteiger partial charge >= 0.3 is 0 Å². The highest BCUT2D eigenvalue weighted by molar-refractivity contribution is 14.0. The van der Waals surface area contributed by atoms with Crippen molar-refractivity contribution in [3.8, 4) is 0 Å². The van der Waals surface area contributed by atoms with E-state index in [0.29, 0.717) is 18.9 Å². The lowest BCUT2D eigenvalue weighted by Crippen LogP contribution is -2.43. The zero-order chi connectivity index (χ0) is 17.9. The van der Waals surface area contributed by atoms with Gasteiger partial charge in [0.15, 0.2) is 5.96 Å². The zero-order valence-corrected chi connectivity index (χ0v) is 18.7. The molecule has 2 N–H and O–H groups in total. The quantitative estimate of drug-likeness (QED) is 0.248. The molecule has 8 heteroatoms. The van der Waals surface area contributed by atoms with Crippen LogP contribution >= 0.6 is 24.0 Å². The van der Waals surface area contributed by atoms with Crippen LogP contribution in [0.25, 0.3) is 0 Å².